The van der Waals surface area contributed by atoms with E-state index in [4.69, 9.17) is 18.5 Å². The van der Waals surface area contributed by atoms with Gasteiger partial charge in [-0.3, -0.25) is 18.6 Å². The molecule has 0 aromatic rings. The van der Waals surface area contributed by atoms with Crippen LogP contribution in [-0.2, 0) is 32.7 Å². The summed E-state index contributed by atoms with van der Waals surface area (Å²) < 4.78 is 33.2. The van der Waals surface area contributed by atoms with E-state index in [0.717, 1.165) is 57.8 Å². The number of esters is 2. The van der Waals surface area contributed by atoms with Crippen molar-refractivity contribution in [3.05, 3.63) is 85.1 Å². The molecule has 0 aliphatic carbocycles. The number of allylic oxidation sites excluding steroid dienone is 14. The van der Waals surface area contributed by atoms with Gasteiger partial charge in [0.05, 0.1) is 13.2 Å². The van der Waals surface area contributed by atoms with E-state index in [1.165, 1.54) is 83.5 Å². The van der Waals surface area contributed by atoms with E-state index < -0.39 is 32.5 Å². The highest BCUT2D eigenvalue weighted by atomic mass is 31.2. The molecule has 344 valence electrons. The van der Waals surface area contributed by atoms with Crippen LogP contribution in [0.2, 0.25) is 0 Å². The molecule has 10 heteroatoms. The van der Waals surface area contributed by atoms with Gasteiger partial charge in [-0.05, 0) is 84.1 Å². The number of hydrogen-bond donors (Lipinski definition) is 2. The molecule has 0 saturated heterocycles. The molecule has 0 aliphatic heterocycles. The maximum atomic E-state index is 12.7. The minimum Gasteiger partial charge on any atom is -0.462 e. The molecule has 0 amide bonds. The zero-order valence-corrected chi connectivity index (χ0v) is 39.0. The SMILES string of the molecule is CC/C=C\C/C=C\C/C=C\C/C=C\C/C=C\C/C=C\CCC(=O)OCC(COP(=O)(O)OCCNC)OC(=O)CCCCCCCCCCC/C=C\CCCCCCCC. The van der Waals surface area contributed by atoms with Gasteiger partial charge in [0.2, 0.25) is 0 Å². The monoisotopic (exact) mass is 860 g/mol. The summed E-state index contributed by atoms with van der Waals surface area (Å²) in [6.07, 6.45) is 56.4. The molecular formula is C50H86NO8P. The number of ether oxygens (including phenoxy) is 2. The highest BCUT2D eigenvalue weighted by Gasteiger charge is 2.26. The number of rotatable bonds is 43. The number of likely N-dealkylation sites (N-methyl/N-ethyl adjacent to an activating group) is 1. The maximum Gasteiger partial charge on any atom is 0.472 e. The van der Waals surface area contributed by atoms with E-state index in [-0.39, 0.29) is 26.1 Å². The summed E-state index contributed by atoms with van der Waals surface area (Å²) in [5, 5.41) is 2.82. The van der Waals surface area contributed by atoms with Crippen molar-refractivity contribution in [2.75, 3.05) is 33.4 Å². The molecule has 0 aromatic carbocycles. The van der Waals surface area contributed by atoms with Crippen molar-refractivity contribution in [3.8, 4) is 0 Å². The van der Waals surface area contributed by atoms with Crippen LogP contribution in [0.25, 0.3) is 0 Å². The van der Waals surface area contributed by atoms with Gasteiger partial charge >= 0.3 is 19.8 Å². The highest BCUT2D eigenvalue weighted by molar-refractivity contribution is 7.47. The van der Waals surface area contributed by atoms with Crippen LogP contribution in [0.15, 0.2) is 85.1 Å². The Bertz CT molecular complexity index is 1250. The Morgan fingerprint density at radius 2 is 0.983 bits per heavy atom. The van der Waals surface area contributed by atoms with Gasteiger partial charge in [-0.2, -0.15) is 0 Å². The molecule has 0 aliphatic rings. The Hall–Kier alpha value is -2.81. The molecule has 0 aromatic heterocycles. The average molecular weight is 860 g/mol. The van der Waals surface area contributed by atoms with E-state index in [1.54, 1.807) is 7.05 Å². The summed E-state index contributed by atoms with van der Waals surface area (Å²) in [4.78, 5) is 35.1. The second-order valence-electron chi connectivity index (χ2n) is 15.2. The normalized spacial score (nSPS) is 14.0. The summed E-state index contributed by atoms with van der Waals surface area (Å²) in [6.45, 7) is 4.02. The summed E-state index contributed by atoms with van der Waals surface area (Å²) >= 11 is 0. The van der Waals surface area contributed by atoms with E-state index in [1.807, 2.05) is 12.2 Å². The minimum atomic E-state index is -4.37. The molecule has 0 bridgehead atoms. The predicted octanol–water partition coefficient (Wildman–Crippen LogP) is 13.9. The van der Waals surface area contributed by atoms with Crippen molar-refractivity contribution in [1.82, 2.24) is 5.32 Å². The lowest BCUT2D eigenvalue weighted by Gasteiger charge is -2.20. The van der Waals surface area contributed by atoms with Crippen LogP contribution in [0, 0.1) is 0 Å². The Morgan fingerprint density at radius 1 is 0.533 bits per heavy atom. The zero-order chi connectivity index (χ0) is 43.9. The molecule has 0 rings (SSSR count). The molecule has 9 nitrogen and oxygen atoms in total. The lowest BCUT2D eigenvalue weighted by Crippen LogP contribution is -2.29. The third-order valence-corrected chi connectivity index (χ3v) is 10.5. The summed E-state index contributed by atoms with van der Waals surface area (Å²) in [5.41, 5.74) is 0. The van der Waals surface area contributed by atoms with Gasteiger partial charge in [-0.25, -0.2) is 4.57 Å². The third-order valence-electron chi connectivity index (χ3n) is 9.51. The van der Waals surface area contributed by atoms with E-state index in [9.17, 15) is 19.0 Å². The number of carbonyl (C=O) groups excluding carboxylic acids is 2. The first kappa shape index (κ1) is 57.2. The number of phosphoric acid groups is 1. The largest absolute Gasteiger partial charge is 0.472 e. The van der Waals surface area contributed by atoms with Crippen LogP contribution in [0.3, 0.4) is 0 Å². The number of unbranched alkanes of at least 4 members (excludes halogenated alkanes) is 15. The van der Waals surface area contributed by atoms with Gasteiger partial charge in [-0.15, -0.1) is 0 Å². The molecule has 0 heterocycles. The van der Waals surface area contributed by atoms with Crippen LogP contribution in [-0.4, -0.2) is 56.3 Å². The van der Waals surface area contributed by atoms with E-state index >= 15 is 0 Å². The van der Waals surface area contributed by atoms with Crippen LogP contribution in [0.1, 0.15) is 181 Å². The summed E-state index contributed by atoms with van der Waals surface area (Å²) in [6, 6.07) is 0. The Balaban J connectivity index is 4.30. The molecule has 2 N–H and O–H groups in total. The van der Waals surface area contributed by atoms with Crippen molar-refractivity contribution in [2.45, 2.75) is 187 Å². The van der Waals surface area contributed by atoms with Gasteiger partial charge in [0.15, 0.2) is 6.10 Å². The quantitative estimate of drug-likeness (QED) is 0.0267. The second-order valence-corrected chi connectivity index (χ2v) is 16.7. The van der Waals surface area contributed by atoms with Gasteiger partial charge < -0.3 is 19.7 Å². The van der Waals surface area contributed by atoms with Crippen molar-refractivity contribution in [2.24, 2.45) is 0 Å². The van der Waals surface area contributed by atoms with Crippen LogP contribution < -0.4 is 5.32 Å². The molecule has 2 atom stereocenters. The molecule has 2 unspecified atom stereocenters. The number of phosphoric ester groups is 1. The Kier molecular flexibility index (Phi) is 43.6. The molecule has 60 heavy (non-hydrogen) atoms. The number of carbonyl (C=O) groups is 2. The van der Waals surface area contributed by atoms with Gasteiger partial charge in [0.1, 0.15) is 6.61 Å². The first-order valence-corrected chi connectivity index (χ1v) is 25.0. The second kappa shape index (κ2) is 45.7. The summed E-state index contributed by atoms with van der Waals surface area (Å²) in [7, 11) is -2.68. The summed E-state index contributed by atoms with van der Waals surface area (Å²) in [5.74, 6) is -0.911. The Labute approximate surface area is 366 Å². The van der Waals surface area contributed by atoms with E-state index in [0.29, 0.717) is 19.4 Å². The smallest absolute Gasteiger partial charge is 0.462 e. The molecular weight excluding hydrogens is 774 g/mol. The molecule has 0 radical (unpaired) electrons. The van der Waals surface area contributed by atoms with Gasteiger partial charge in [0, 0.05) is 19.4 Å². The lowest BCUT2D eigenvalue weighted by atomic mass is 10.1. The third kappa shape index (κ3) is 44.7. The topological polar surface area (TPSA) is 120 Å². The highest BCUT2D eigenvalue weighted by Crippen LogP contribution is 2.43. The molecule has 0 saturated carbocycles. The van der Waals surface area contributed by atoms with E-state index in [2.05, 4.69) is 92.1 Å². The fraction of sp³-hybridized carbons (Fsp3) is 0.680. The standard InChI is InChI=1S/C50H86NO8P/c1-4-6-8-10-12-14-16-18-20-22-24-26-28-30-32-34-36-38-40-42-49(52)56-46-48(47-58-60(54,55)57-45-44-51-3)59-50(53)43-41-39-37-35-33-31-29-27-25-23-21-19-17-15-13-11-9-7-5-2/h6,8,12,14,18-21,24,26,30,32,36,38,48,51H,4-5,7,9-11,13,15-17,22-23,25,27-29,31,33-35,37,39-47H2,1-3H3,(H,54,55)/b8-6-,14-12-,20-18-,21-19-,26-24-,32-30-,38-36-. The fourth-order valence-corrected chi connectivity index (χ4v) is 6.74. The first-order valence-electron chi connectivity index (χ1n) is 23.5. The van der Waals surface area contributed by atoms with Crippen molar-refractivity contribution in [1.29, 1.82) is 0 Å². The van der Waals surface area contributed by atoms with Gasteiger partial charge in [-0.1, -0.05) is 176 Å². The minimum absolute atomic E-state index is 0.0324. The molecule has 0 fully saturated rings. The van der Waals surface area contributed by atoms with Crippen molar-refractivity contribution in [3.63, 3.8) is 0 Å². The number of hydrogen-bond acceptors (Lipinski definition) is 8. The first-order chi connectivity index (χ1) is 29.3. The van der Waals surface area contributed by atoms with Crippen LogP contribution >= 0.6 is 7.82 Å². The van der Waals surface area contributed by atoms with Crippen molar-refractivity contribution < 1.29 is 37.6 Å². The Morgan fingerprint density at radius 3 is 1.48 bits per heavy atom. The van der Waals surface area contributed by atoms with Crippen molar-refractivity contribution >= 4 is 19.8 Å². The average Bonchev–Trinajstić information content (AvgIpc) is 3.23. The fourth-order valence-electron chi connectivity index (χ4n) is 5.98. The predicted molar refractivity (Wildman–Crippen MR) is 252 cm³/mol. The lowest BCUT2D eigenvalue weighted by molar-refractivity contribution is -0.161. The zero-order valence-electron chi connectivity index (χ0n) is 38.1. The van der Waals surface area contributed by atoms with Gasteiger partial charge in [0.25, 0.3) is 0 Å². The van der Waals surface area contributed by atoms with Crippen LogP contribution in [0.4, 0.5) is 0 Å². The maximum absolute atomic E-state index is 12.7. The number of nitrogens with one attached hydrogen (secondary N) is 1. The molecule has 0 spiro atoms. The van der Waals surface area contributed by atoms with Crippen LogP contribution in [0.5, 0.6) is 0 Å².